The lowest BCUT2D eigenvalue weighted by atomic mass is 10.1. The molecule has 142 valence electrons. The van der Waals surface area contributed by atoms with E-state index in [9.17, 15) is 14.0 Å². The summed E-state index contributed by atoms with van der Waals surface area (Å²) in [5.41, 5.74) is 1.82. The fraction of sp³-hybridized carbons (Fsp3) is 0.0909. The van der Waals surface area contributed by atoms with Crippen molar-refractivity contribution in [3.8, 4) is 0 Å². The molecule has 0 atom stereocenters. The Morgan fingerprint density at radius 2 is 1.86 bits per heavy atom. The monoisotopic (exact) mass is 394 g/mol. The molecule has 2 N–H and O–H groups in total. The smallest absolute Gasteiger partial charge is 0.255 e. The number of hydrogen-bond acceptors (Lipinski definition) is 3. The average molecular weight is 394 g/mol. The Labute approximate surface area is 166 Å². The normalized spacial score (nSPS) is 10.8. The molecule has 0 spiro atoms. The van der Waals surface area contributed by atoms with Gasteiger partial charge in [0.1, 0.15) is 5.82 Å². The summed E-state index contributed by atoms with van der Waals surface area (Å²) >= 11 is 1.62. The van der Waals surface area contributed by atoms with Gasteiger partial charge in [0.2, 0.25) is 5.91 Å². The molecule has 4 nitrogen and oxygen atoms in total. The number of thiophene rings is 1. The predicted octanol–water partition coefficient (Wildman–Crippen LogP) is 4.78. The largest absolute Gasteiger partial charge is 0.348 e. The number of carbonyl (C=O) groups excluding carboxylic acids is 2. The van der Waals surface area contributed by atoms with Crippen LogP contribution in [0.4, 0.5) is 10.1 Å². The van der Waals surface area contributed by atoms with E-state index >= 15 is 0 Å². The number of anilines is 1. The van der Waals surface area contributed by atoms with E-state index in [0.29, 0.717) is 17.8 Å². The van der Waals surface area contributed by atoms with Gasteiger partial charge in [-0.2, -0.15) is 0 Å². The maximum Gasteiger partial charge on any atom is 0.255 e. The van der Waals surface area contributed by atoms with E-state index in [1.54, 1.807) is 35.6 Å². The number of carbonyl (C=O) groups is 2. The van der Waals surface area contributed by atoms with Gasteiger partial charge in [-0.3, -0.25) is 9.59 Å². The van der Waals surface area contributed by atoms with Crippen LogP contribution in [0.2, 0.25) is 0 Å². The van der Waals surface area contributed by atoms with Crippen LogP contribution in [0.1, 0.15) is 25.7 Å². The highest BCUT2D eigenvalue weighted by Gasteiger charge is 2.07. The van der Waals surface area contributed by atoms with Crippen LogP contribution in [0.25, 0.3) is 6.08 Å². The maximum atomic E-state index is 13.0. The first-order chi connectivity index (χ1) is 13.5. The highest BCUT2D eigenvalue weighted by Crippen LogP contribution is 2.16. The Bertz CT molecular complexity index is 1010. The van der Waals surface area contributed by atoms with Gasteiger partial charge in [0.25, 0.3) is 5.91 Å². The zero-order chi connectivity index (χ0) is 19.9. The van der Waals surface area contributed by atoms with Crippen LogP contribution in [0.15, 0.2) is 66.7 Å². The molecule has 6 heteroatoms. The molecule has 0 saturated carbocycles. The number of aryl methyl sites for hydroxylation is 1. The van der Waals surface area contributed by atoms with Gasteiger partial charge in [-0.05, 0) is 67.1 Å². The van der Waals surface area contributed by atoms with Crippen molar-refractivity contribution in [2.24, 2.45) is 0 Å². The van der Waals surface area contributed by atoms with Crippen LogP contribution in [-0.2, 0) is 11.3 Å². The zero-order valence-corrected chi connectivity index (χ0v) is 16.1. The van der Waals surface area contributed by atoms with Crippen molar-refractivity contribution in [3.63, 3.8) is 0 Å². The highest BCUT2D eigenvalue weighted by atomic mass is 32.1. The molecule has 0 aliphatic rings. The van der Waals surface area contributed by atoms with Gasteiger partial charge in [-0.25, -0.2) is 4.39 Å². The third kappa shape index (κ3) is 5.62. The van der Waals surface area contributed by atoms with Crippen LogP contribution in [-0.4, -0.2) is 11.8 Å². The van der Waals surface area contributed by atoms with Crippen LogP contribution in [0.5, 0.6) is 0 Å². The van der Waals surface area contributed by atoms with Crippen molar-refractivity contribution in [1.29, 1.82) is 0 Å². The first-order valence-electron chi connectivity index (χ1n) is 8.68. The Morgan fingerprint density at radius 1 is 1.07 bits per heavy atom. The van der Waals surface area contributed by atoms with Gasteiger partial charge in [-0.15, -0.1) is 11.3 Å². The van der Waals surface area contributed by atoms with Crippen molar-refractivity contribution in [2.75, 3.05) is 5.32 Å². The Morgan fingerprint density at radius 3 is 2.57 bits per heavy atom. The first kappa shape index (κ1) is 19.5. The van der Waals surface area contributed by atoms with E-state index in [2.05, 4.69) is 10.6 Å². The lowest BCUT2D eigenvalue weighted by Crippen LogP contribution is -2.20. The lowest BCUT2D eigenvalue weighted by Gasteiger charge is -2.08. The summed E-state index contributed by atoms with van der Waals surface area (Å²) in [7, 11) is 0. The summed E-state index contributed by atoms with van der Waals surface area (Å²) < 4.78 is 13.0. The molecular weight excluding hydrogens is 375 g/mol. The molecule has 2 amide bonds. The van der Waals surface area contributed by atoms with E-state index in [1.807, 2.05) is 25.1 Å². The molecule has 0 bridgehead atoms. The SMILES string of the molecule is Cc1ccc(/C=C/C(=O)NCc2cccc(NC(=O)c3ccc(F)cc3)c2)s1. The fourth-order valence-electron chi connectivity index (χ4n) is 2.51. The van der Waals surface area contributed by atoms with Gasteiger partial charge in [0, 0.05) is 33.6 Å². The summed E-state index contributed by atoms with van der Waals surface area (Å²) in [5.74, 6) is -0.903. The molecule has 28 heavy (non-hydrogen) atoms. The van der Waals surface area contributed by atoms with E-state index < -0.39 is 5.82 Å². The van der Waals surface area contributed by atoms with E-state index in [4.69, 9.17) is 0 Å². The van der Waals surface area contributed by atoms with E-state index in [0.717, 1.165) is 10.4 Å². The number of hydrogen-bond donors (Lipinski definition) is 2. The van der Waals surface area contributed by atoms with Gasteiger partial charge < -0.3 is 10.6 Å². The number of benzene rings is 2. The molecule has 0 saturated heterocycles. The third-order valence-corrected chi connectivity index (χ3v) is 4.88. The predicted molar refractivity (Wildman–Crippen MR) is 111 cm³/mol. The van der Waals surface area contributed by atoms with Gasteiger partial charge in [0.15, 0.2) is 0 Å². The Balaban J connectivity index is 1.55. The third-order valence-electron chi connectivity index (χ3n) is 3.92. The van der Waals surface area contributed by atoms with E-state index in [-0.39, 0.29) is 11.8 Å². The molecule has 0 aliphatic carbocycles. The summed E-state index contributed by atoms with van der Waals surface area (Å²) in [5, 5.41) is 5.59. The minimum Gasteiger partial charge on any atom is -0.348 e. The van der Waals surface area contributed by atoms with Crippen molar-refractivity contribution in [1.82, 2.24) is 5.32 Å². The zero-order valence-electron chi connectivity index (χ0n) is 15.2. The van der Waals surface area contributed by atoms with Crippen LogP contribution < -0.4 is 10.6 Å². The Kier molecular flexibility index (Phi) is 6.34. The second-order valence-corrected chi connectivity index (χ2v) is 7.48. The second-order valence-electron chi connectivity index (χ2n) is 6.16. The molecule has 2 aromatic carbocycles. The van der Waals surface area contributed by atoms with Crippen molar-refractivity contribution < 1.29 is 14.0 Å². The second kappa shape index (κ2) is 9.10. The molecular formula is C22H19FN2O2S. The van der Waals surface area contributed by atoms with Crippen molar-refractivity contribution in [2.45, 2.75) is 13.5 Å². The highest BCUT2D eigenvalue weighted by molar-refractivity contribution is 7.12. The molecule has 0 fully saturated rings. The van der Waals surface area contributed by atoms with Crippen LogP contribution in [0.3, 0.4) is 0 Å². The van der Waals surface area contributed by atoms with Crippen molar-refractivity contribution in [3.05, 3.63) is 93.4 Å². The Hall–Kier alpha value is -3.25. The van der Waals surface area contributed by atoms with E-state index in [1.165, 1.54) is 35.2 Å². The maximum absolute atomic E-state index is 13.0. The standard InChI is InChI=1S/C22H19FN2O2S/c1-15-5-10-20(28-15)11-12-21(26)24-14-16-3-2-4-19(13-16)25-22(27)17-6-8-18(23)9-7-17/h2-13H,14H2,1H3,(H,24,26)(H,25,27)/b12-11+. The van der Waals surface area contributed by atoms with Crippen LogP contribution in [0, 0.1) is 12.7 Å². The minimum absolute atomic E-state index is 0.188. The summed E-state index contributed by atoms with van der Waals surface area (Å²) in [4.78, 5) is 26.4. The van der Waals surface area contributed by atoms with Gasteiger partial charge in [-0.1, -0.05) is 12.1 Å². The van der Waals surface area contributed by atoms with Gasteiger partial charge in [0.05, 0.1) is 0 Å². The lowest BCUT2D eigenvalue weighted by molar-refractivity contribution is -0.116. The summed E-state index contributed by atoms with van der Waals surface area (Å²) in [6, 6.07) is 16.5. The number of amides is 2. The van der Waals surface area contributed by atoms with Gasteiger partial charge >= 0.3 is 0 Å². The quantitative estimate of drug-likeness (QED) is 0.591. The molecule has 0 unspecified atom stereocenters. The number of halogens is 1. The van der Waals surface area contributed by atoms with Crippen LogP contribution >= 0.6 is 11.3 Å². The number of nitrogens with one attached hydrogen (secondary N) is 2. The molecule has 3 aromatic rings. The summed E-state index contributed by atoms with van der Waals surface area (Å²) in [6.45, 7) is 2.36. The molecule has 0 aliphatic heterocycles. The molecule has 0 radical (unpaired) electrons. The molecule has 3 rings (SSSR count). The average Bonchev–Trinajstić information content (AvgIpc) is 3.11. The van der Waals surface area contributed by atoms with Crippen molar-refractivity contribution >= 4 is 34.9 Å². The fourth-order valence-corrected chi connectivity index (χ4v) is 3.29. The molecule has 1 heterocycles. The molecule has 1 aromatic heterocycles. The first-order valence-corrected chi connectivity index (χ1v) is 9.49. The minimum atomic E-state index is -0.391. The topological polar surface area (TPSA) is 58.2 Å². The number of rotatable bonds is 6. The summed E-state index contributed by atoms with van der Waals surface area (Å²) in [6.07, 6.45) is 3.29.